The normalized spacial score (nSPS) is 13.2. The Morgan fingerprint density at radius 1 is 0.553 bits per heavy atom. The van der Waals surface area contributed by atoms with Gasteiger partial charge in [-0.25, -0.2) is 0 Å². The molecule has 0 aliphatic heterocycles. The zero-order chi connectivity index (χ0) is 32.7. The SMILES string of the molecule is ClCCl.FC(F)(F)c1n[n-]c(-c2cccc(C3(c4cccc(-c5nc(C(F)(F)F)n[n-]5)n4)c4ccccc4-c4ccccc43)n2)n1.[Pt+2]. The minimum Gasteiger partial charge on any atom is -0.413 e. The van der Waals surface area contributed by atoms with Gasteiger partial charge in [0, 0.05) is 0 Å². The molecule has 0 amide bonds. The Bertz CT molecular complexity index is 1880. The number of pyridine rings is 2. The Morgan fingerprint density at radius 3 is 1.30 bits per heavy atom. The molecule has 4 aromatic heterocycles. The molecular weight excluding hydrogens is 852 g/mol. The van der Waals surface area contributed by atoms with Gasteiger partial charge in [-0.05, 0) is 58.2 Å². The standard InChI is InChI=1S/C29H14F6N8.CH2Cl2.Pt/c30-28(31,32)25-38-23(40-42-25)19-11-5-13-21(36-19)27(17-9-3-1-7-15(17)16-8-2-4-10-18(16)27)22-14-6-12-20(37-22)24-39-26(43-41-24)29(33,34)35;2-1-3;/h1-14H;1H2;/q-2;;+2. The van der Waals surface area contributed by atoms with E-state index in [0.717, 1.165) is 22.3 Å². The van der Waals surface area contributed by atoms with E-state index in [-0.39, 0.29) is 49.4 Å². The maximum atomic E-state index is 13.2. The van der Waals surface area contributed by atoms with E-state index in [2.05, 4.69) is 30.4 Å². The second-order valence-electron chi connectivity index (χ2n) is 9.67. The number of nitrogens with zero attached hydrogens (tertiary/aromatic N) is 8. The fraction of sp³-hybridized carbons (Fsp3) is 0.133. The summed E-state index contributed by atoms with van der Waals surface area (Å²) in [5.74, 6) is -3.42. The van der Waals surface area contributed by atoms with Crippen LogP contribution < -0.4 is 10.2 Å². The molecule has 47 heavy (non-hydrogen) atoms. The van der Waals surface area contributed by atoms with Crippen molar-refractivity contribution in [1.82, 2.24) is 40.3 Å². The van der Waals surface area contributed by atoms with Crippen LogP contribution in [0.5, 0.6) is 0 Å². The number of benzene rings is 2. The molecule has 0 atom stereocenters. The van der Waals surface area contributed by atoms with E-state index in [1.165, 1.54) is 12.1 Å². The van der Waals surface area contributed by atoms with Crippen molar-refractivity contribution in [2.45, 2.75) is 17.8 Å². The molecule has 0 bridgehead atoms. The third-order valence-corrected chi connectivity index (χ3v) is 7.09. The minimum absolute atomic E-state index is 0. The summed E-state index contributed by atoms with van der Waals surface area (Å²) in [4.78, 5) is 16.6. The minimum atomic E-state index is -4.79. The summed E-state index contributed by atoms with van der Waals surface area (Å²) in [5.41, 5.74) is 2.76. The molecule has 17 heteroatoms. The van der Waals surface area contributed by atoms with Gasteiger partial charge in [-0.2, -0.15) is 26.3 Å². The summed E-state index contributed by atoms with van der Waals surface area (Å²) in [6, 6.07) is 24.5. The fourth-order valence-electron chi connectivity index (χ4n) is 5.39. The third-order valence-electron chi connectivity index (χ3n) is 7.09. The van der Waals surface area contributed by atoms with Gasteiger partial charge in [0.25, 0.3) is 0 Å². The average Bonchev–Trinajstić information content (AvgIpc) is 3.79. The van der Waals surface area contributed by atoms with Gasteiger partial charge < -0.3 is 20.2 Å². The summed E-state index contributed by atoms with van der Waals surface area (Å²) in [6.45, 7) is 0. The second kappa shape index (κ2) is 13.2. The number of aromatic nitrogens is 8. The monoisotopic (exact) mass is 867 g/mol. The van der Waals surface area contributed by atoms with Gasteiger partial charge >= 0.3 is 33.4 Å². The van der Waals surface area contributed by atoms with E-state index in [0.29, 0.717) is 11.4 Å². The first-order valence-corrected chi connectivity index (χ1v) is 14.2. The summed E-state index contributed by atoms with van der Waals surface area (Å²) >= 11 is 9.53. The molecule has 0 N–H and O–H groups in total. The Balaban J connectivity index is 0.00000105. The van der Waals surface area contributed by atoms with E-state index >= 15 is 0 Å². The van der Waals surface area contributed by atoms with E-state index in [1.807, 2.05) is 48.5 Å². The third kappa shape index (κ3) is 6.17. The molecular formula is C30H16Cl2F6N8Pt. The van der Waals surface area contributed by atoms with Crippen molar-refractivity contribution >= 4 is 23.2 Å². The first-order chi connectivity index (χ1) is 22.0. The van der Waals surface area contributed by atoms with Crippen LogP contribution in [-0.4, -0.2) is 35.5 Å². The Morgan fingerprint density at radius 2 is 0.936 bits per heavy atom. The molecule has 242 valence electrons. The molecule has 4 heterocycles. The zero-order valence-corrected chi connectivity index (χ0v) is 27.0. The van der Waals surface area contributed by atoms with E-state index in [4.69, 9.17) is 33.2 Å². The quantitative estimate of drug-likeness (QED) is 0.136. The molecule has 0 fully saturated rings. The molecule has 1 aliphatic carbocycles. The van der Waals surface area contributed by atoms with Crippen LogP contribution in [0.15, 0.2) is 84.9 Å². The predicted octanol–water partition coefficient (Wildman–Crippen LogP) is 7.12. The van der Waals surface area contributed by atoms with Gasteiger partial charge in [0.2, 0.25) is 0 Å². The van der Waals surface area contributed by atoms with Crippen molar-refractivity contribution in [3.05, 3.63) is 119 Å². The van der Waals surface area contributed by atoms with Crippen LogP contribution in [0, 0.1) is 0 Å². The molecule has 0 saturated carbocycles. The van der Waals surface area contributed by atoms with Crippen LogP contribution in [0.25, 0.3) is 34.2 Å². The molecule has 1 aliphatic rings. The summed E-state index contributed by atoms with van der Waals surface area (Å²) in [5, 5.41) is 13.7. The predicted molar refractivity (Wildman–Crippen MR) is 155 cm³/mol. The van der Waals surface area contributed by atoms with E-state index in [1.54, 1.807) is 24.3 Å². The molecule has 6 aromatic rings. The van der Waals surface area contributed by atoms with E-state index in [9.17, 15) is 26.3 Å². The number of rotatable bonds is 4. The van der Waals surface area contributed by atoms with E-state index < -0.39 is 29.4 Å². The van der Waals surface area contributed by atoms with Crippen LogP contribution >= 0.6 is 23.2 Å². The Hall–Kier alpha value is -4.13. The van der Waals surface area contributed by atoms with Crippen molar-refractivity contribution in [3.63, 3.8) is 0 Å². The van der Waals surface area contributed by atoms with Gasteiger partial charge in [-0.15, -0.1) is 23.2 Å². The molecule has 0 unspecified atom stereocenters. The molecule has 0 saturated heterocycles. The van der Waals surface area contributed by atoms with Gasteiger partial charge in [0.15, 0.2) is 0 Å². The fourth-order valence-corrected chi connectivity index (χ4v) is 5.39. The van der Waals surface area contributed by atoms with Crippen LogP contribution in [-0.2, 0) is 38.8 Å². The second-order valence-corrected chi connectivity index (χ2v) is 10.5. The van der Waals surface area contributed by atoms with Crippen molar-refractivity contribution in [2.24, 2.45) is 0 Å². The topological polar surface area (TPSA) is 106 Å². The Labute approximate surface area is 286 Å². The van der Waals surface area contributed by atoms with Gasteiger partial charge in [0.1, 0.15) is 17.1 Å². The van der Waals surface area contributed by atoms with Crippen LogP contribution in [0.1, 0.15) is 34.2 Å². The smallest absolute Gasteiger partial charge is 0.413 e. The summed E-state index contributed by atoms with van der Waals surface area (Å²) in [6.07, 6.45) is -9.58. The average molecular weight is 868 g/mol. The first-order valence-electron chi connectivity index (χ1n) is 13.1. The maximum Gasteiger partial charge on any atom is 2.00 e. The number of halogens is 8. The molecule has 7 rings (SSSR count). The maximum absolute atomic E-state index is 13.2. The number of alkyl halides is 8. The van der Waals surface area contributed by atoms with Gasteiger partial charge in [0.05, 0.1) is 28.1 Å². The first kappa shape index (κ1) is 34.2. The number of fused-ring (bicyclic) bond motifs is 3. The van der Waals surface area contributed by atoms with Crippen molar-refractivity contribution in [3.8, 4) is 34.2 Å². The largest absolute Gasteiger partial charge is 2.00 e. The number of hydrogen-bond donors (Lipinski definition) is 0. The molecule has 2 aromatic carbocycles. The Kier molecular flexibility index (Phi) is 9.59. The summed E-state index contributed by atoms with van der Waals surface area (Å²) in [7, 11) is 0. The van der Waals surface area contributed by atoms with Crippen LogP contribution in [0.2, 0.25) is 0 Å². The zero-order valence-electron chi connectivity index (χ0n) is 23.2. The number of hydrogen-bond acceptors (Lipinski definition) is 6. The molecule has 0 radical (unpaired) electrons. The van der Waals surface area contributed by atoms with Gasteiger partial charge in [-0.3, -0.25) is 20.2 Å². The van der Waals surface area contributed by atoms with Crippen molar-refractivity contribution < 1.29 is 47.4 Å². The van der Waals surface area contributed by atoms with Crippen molar-refractivity contribution in [2.75, 3.05) is 5.34 Å². The van der Waals surface area contributed by atoms with Crippen LogP contribution in [0.4, 0.5) is 26.3 Å². The van der Waals surface area contributed by atoms with Gasteiger partial charge in [-0.1, -0.05) is 60.7 Å². The van der Waals surface area contributed by atoms with Crippen LogP contribution in [0.3, 0.4) is 0 Å². The molecule has 8 nitrogen and oxygen atoms in total. The molecule has 0 spiro atoms. The van der Waals surface area contributed by atoms with Crippen molar-refractivity contribution in [1.29, 1.82) is 0 Å². The summed E-state index contributed by atoms with van der Waals surface area (Å²) < 4.78 is 79.4.